The molecule has 2 nitrogen and oxygen atoms in total. The Hall–Kier alpha value is -0.890. The van der Waals surface area contributed by atoms with Crippen LogP contribution in [0.2, 0.25) is 0 Å². The normalized spacial score (nSPS) is 10.2. The average molecular weight is 201 g/mol. The second-order valence-corrected chi connectivity index (χ2v) is 3.24. The summed E-state index contributed by atoms with van der Waals surface area (Å²) in [6.45, 7) is 3.76. The van der Waals surface area contributed by atoms with Crippen LogP contribution in [0.15, 0.2) is 6.07 Å². The summed E-state index contributed by atoms with van der Waals surface area (Å²) in [6.07, 6.45) is 0. The summed E-state index contributed by atoms with van der Waals surface area (Å²) in [4.78, 5) is 0. The molecule has 0 fully saturated rings. The van der Waals surface area contributed by atoms with Gasteiger partial charge >= 0.3 is 0 Å². The molecule has 3 heteroatoms. The van der Waals surface area contributed by atoms with Crippen LogP contribution in [0.3, 0.4) is 0 Å². The Morgan fingerprint density at radius 1 is 1.38 bits per heavy atom. The molecule has 0 saturated carbocycles. The topological polar surface area (TPSA) is 29.5 Å². The highest BCUT2D eigenvalue weighted by Crippen LogP contribution is 2.33. The third kappa shape index (κ3) is 1.73. The Morgan fingerprint density at radius 3 is 2.46 bits per heavy atom. The molecular formula is C10H13ClO2. The lowest BCUT2D eigenvalue weighted by Crippen LogP contribution is -1.95. The van der Waals surface area contributed by atoms with Crippen molar-refractivity contribution in [3.8, 4) is 11.5 Å². The molecule has 0 bridgehead atoms. The van der Waals surface area contributed by atoms with Gasteiger partial charge in [-0.2, -0.15) is 0 Å². The number of hydrogen-bond donors (Lipinski definition) is 1. The third-order valence-electron chi connectivity index (χ3n) is 2.24. The predicted octanol–water partition coefficient (Wildman–Crippen LogP) is 2.76. The lowest BCUT2D eigenvalue weighted by molar-refractivity contribution is 0.404. The first-order valence-electron chi connectivity index (χ1n) is 4.03. The number of methoxy groups -OCH3 is 1. The van der Waals surface area contributed by atoms with E-state index in [9.17, 15) is 5.11 Å². The van der Waals surface area contributed by atoms with Gasteiger partial charge in [0, 0.05) is 5.56 Å². The Kier molecular flexibility index (Phi) is 3.04. The van der Waals surface area contributed by atoms with Gasteiger partial charge in [0.25, 0.3) is 0 Å². The van der Waals surface area contributed by atoms with Crippen LogP contribution < -0.4 is 4.74 Å². The fourth-order valence-electron chi connectivity index (χ4n) is 1.33. The molecule has 0 atom stereocenters. The van der Waals surface area contributed by atoms with E-state index in [0.717, 1.165) is 22.4 Å². The zero-order valence-corrected chi connectivity index (χ0v) is 8.77. The van der Waals surface area contributed by atoms with Crippen LogP contribution >= 0.6 is 11.6 Å². The van der Waals surface area contributed by atoms with Gasteiger partial charge in [0.2, 0.25) is 0 Å². The van der Waals surface area contributed by atoms with Gasteiger partial charge in [-0.15, -0.1) is 11.6 Å². The molecule has 72 valence electrons. The molecule has 0 aliphatic carbocycles. The van der Waals surface area contributed by atoms with E-state index in [0.29, 0.717) is 5.88 Å². The van der Waals surface area contributed by atoms with Crippen molar-refractivity contribution < 1.29 is 9.84 Å². The Balaban J connectivity index is 3.39. The molecule has 0 unspecified atom stereocenters. The molecular weight excluding hydrogens is 188 g/mol. The average Bonchev–Trinajstić information content (AvgIpc) is 2.13. The lowest BCUT2D eigenvalue weighted by Gasteiger charge is -2.13. The number of phenols is 1. The van der Waals surface area contributed by atoms with Gasteiger partial charge in [-0.05, 0) is 31.0 Å². The van der Waals surface area contributed by atoms with Crippen molar-refractivity contribution in [2.24, 2.45) is 0 Å². The minimum absolute atomic E-state index is 0.272. The molecule has 0 amide bonds. The zero-order valence-electron chi connectivity index (χ0n) is 8.02. The number of phenolic OH excluding ortho intramolecular Hbond substituents is 1. The Morgan fingerprint density at radius 2 is 2.00 bits per heavy atom. The Bertz CT molecular complexity index is 321. The minimum Gasteiger partial charge on any atom is -0.508 e. The number of ether oxygens (including phenoxy) is 1. The third-order valence-corrected chi connectivity index (χ3v) is 2.53. The molecule has 0 saturated heterocycles. The number of alkyl halides is 1. The van der Waals surface area contributed by atoms with Crippen LogP contribution in [0, 0.1) is 13.8 Å². The van der Waals surface area contributed by atoms with Gasteiger partial charge in [0.05, 0.1) is 13.0 Å². The van der Waals surface area contributed by atoms with E-state index in [1.807, 2.05) is 13.8 Å². The van der Waals surface area contributed by atoms with Crippen LogP contribution in [0.5, 0.6) is 11.5 Å². The first-order valence-corrected chi connectivity index (χ1v) is 4.57. The van der Waals surface area contributed by atoms with Crippen LogP contribution in [-0.2, 0) is 5.88 Å². The summed E-state index contributed by atoms with van der Waals surface area (Å²) in [5.74, 6) is 1.39. The monoisotopic (exact) mass is 200 g/mol. The number of rotatable bonds is 2. The molecule has 0 aliphatic rings. The molecule has 0 aromatic heterocycles. The summed E-state index contributed by atoms with van der Waals surface area (Å²) in [5.41, 5.74) is 2.61. The van der Waals surface area contributed by atoms with Gasteiger partial charge in [-0.3, -0.25) is 0 Å². The van der Waals surface area contributed by atoms with Gasteiger partial charge in [0.15, 0.2) is 0 Å². The number of hydrogen-bond acceptors (Lipinski definition) is 2. The largest absolute Gasteiger partial charge is 0.508 e. The highest BCUT2D eigenvalue weighted by molar-refractivity contribution is 6.17. The molecule has 1 N–H and O–H groups in total. The number of benzene rings is 1. The number of halogens is 1. The maximum atomic E-state index is 9.52. The smallest absolute Gasteiger partial charge is 0.126 e. The van der Waals surface area contributed by atoms with Crippen molar-refractivity contribution in [2.75, 3.05) is 7.11 Å². The van der Waals surface area contributed by atoms with Gasteiger partial charge in [-0.25, -0.2) is 0 Å². The summed E-state index contributed by atoms with van der Waals surface area (Å²) in [5, 5.41) is 9.52. The highest BCUT2D eigenvalue weighted by Gasteiger charge is 2.11. The minimum atomic E-state index is 0.272. The summed E-state index contributed by atoms with van der Waals surface area (Å²) >= 11 is 5.72. The fourth-order valence-corrected chi connectivity index (χ4v) is 1.52. The predicted molar refractivity (Wildman–Crippen MR) is 53.7 cm³/mol. The molecule has 13 heavy (non-hydrogen) atoms. The van der Waals surface area contributed by atoms with Crippen LogP contribution in [-0.4, -0.2) is 12.2 Å². The van der Waals surface area contributed by atoms with E-state index in [1.54, 1.807) is 13.2 Å². The van der Waals surface area contributed by atoms with Crippen LogP contribution in [0.4, 0.5) is 0 Å². The maximum Gasteiger partial charge on any atom is 0.126 e. The van der Waals surface area contributed by atoms with Crippen LogP contribution in [0.1, 0.15) is 16.7 Å². The van der Waals surface area contributed by atoms with E-state index in [-0.39, 0.29) is 5.75 Å². The maximum absolute atomic E-state index is 9.52. The van der Waals surface area contributed by atoms with Crippen molar-refractivity contribution in [2.45, 2.75) is 19.7 Å². The van der Waals surface area contributed by atoms with Crippen molar-refractivity contribution in [3.63, 3.8) is 0 Å². The van der Waals surface area contributed by atoms with E-state index in [4.69, 9.17) is 16.3 Å². The second kappa shape index (κ2) is 3.88. The van der Waals surface area contributed by atoms with Gasteiger partial charge in [0.1, 0.15) is 11.5 Å². The van der Waals surface area contributed by atoms with Crippen molar-refractivity contribution >= 4 is 11.6 Å². The van der Waals surface area contributed by atoms with Crippen LogP contribution in [0.25, 0.3) is 0 Å². The second-order valence-electron chi connectivity index (χ2n) is 2.97. The first-order chi connectivity index (χ1) is 6.11. The molecule has 1 rings (SSSR count). The molecule has 0 aliphatic heterocycles. The standard InChI is InChI=1S/C10H13ClO2/c1-6-7(2)10(13-3)8(5-11)4-9(6)12/h4,12H,5H2,1-3H3. The lowest BCUT2D eigenvalue weighted by atomic mass is 10.0. The fraction of sp³-hybridized carbons (Fsp3) is 0.400. The molecule has 1 aromatic carbocycles. The molecule has 0 spiro atoms. The van der Waals surface area contributed by atoms with E-state index < -0.39 is 0 Å². The summed E-state index contributed by atoms with van der Waals surface area (Å²) in [7, 11) is 1.61. The number of aromatic hydroxyl groups is 1. The van der Waals surface area contributed by atoms with Crippen molar-refractivity contribution in [1.29, 1.82) is 0 Å². The summed E-state index contributed by atoms with van der Waals surface area (Å²) in [6, 6.07) is 1.65. The zero-order chi connectivity index (χ0) is 10.0. The van der Waals surface area contributed by atoms with E-state index >= 15 is 0 Å². The molecule has 0 radical (unpaired) electrons. The van der Waals surface area contributed by atoms with E-state index in [1.165, 1.54) is 0 Å². The summed E-state index contributed by atoms with van der Waals surface area (Å²) < 4.78 is 5.21. The van der Waals surface area contributed by atoms with Crippen molar-refractivity contribution in [1.82, 2.24) is 0 Å². The first kappa shape index (κ1) is 10.2. The van der Waals surface area contributed by atoms with Crippen molar-refractivity contribution in [3.05, 3.63) is 22.8 Å². The highest BCUT2D eigenvalue weighted by atomic mass is 35.5. The van der Waals surface area contributed by atoms with E-state index in [2.05, 4.69) is 0 Å². The van der Waals surface area contributed by atoms with Gasteiger partial charge in [-0.1, -0.05) is 0 Å². The molecule has 1 aromatic rings. The van der Waals surface area contributed by atoms with Gasteiger partial charge < -0.3 is 9.84 Å². The SMILES string of the molecule is COc1c(CCl)cc(O)c(C)c1C. The quantitative estimate of drug-likeness (QED) is 0.744. The molecule has 0 heterocycles. The Labute approximate surface area is 83.1 Å².